The normalized spacial score (nSPS) is 14.6. The van der Waals surface area contributed by atoms with Crippen molar-refractivity contribution in [2.75, 3.05) is 7.11 Å². The molecule has 5 heteroatoms. The first kappa shape index (κ1) is 17.5. The second-order valence-corrected chi connectivity index (χ2v) is 6.16. The largest absolute Gasteiger partial charge is 0.508 e. The van der Waals surface area contributed by atoms with Crippen LogP contribution in [0.2, 0.25) is 0 Å². The molecule has 0 aliphatic heterocycles. The van der Waals surface area contributed by atoms with Crippen LogP contribution in [0.5, 0.6) is 5.75 Å². The maximum Gasteiger partial charge on any atom is 0.337 e. The number of benzene rings is 1. The molecule has 1 aromatic carbocycles. The molecule has 0 saturated carbocycles. The monoisotopic (exact) mass is 296 g/mol. The number of esters is 1. The predicted molar refractivity (Wildman–Crippen MR) is 79.2 cm³/mol. The molecule has 118 valence electrons. The molecule has 0 saturated heterocycles. The molecule has 0 aromatic heterocycles. The van der Waals surface area contributed by atoms with Crippen molar-refractivity contribution in [2.45, 2.75) is 51.2 Å². The van der Waals surface area contributed by atoms with Crippen molar-refractivity contribution < 1.29 is 24.9 Å². The summed E-state index contributed by atoms with van der Waals surface area (Å²) >= 11 is 0. The first-order valence-corrected chi connectivity index (χ1v) is 6.93. The van der Waals surface area contributed by atoms with E-state index in [2.05, 4.69) is 4.74 Å². The van der Waals surface area contributed by atoms with E-state index in [1.165, 1.54) is 25.3 Å². The summed E-state index contributed by atoms with van der Waals surface area (Å²) in [5, 5.41) is 30.2. The fraction of sp³-hybridized carbons (Fsp3) is 0.562. The standard InChI is InChI=1S/C16H24O5/c1-15(2,19)8-5-9-16(3,20)12-7-6-11(10-13(12)17)14(18)21-4/h6-7,10,17,19-20H,5,8-9H2,1-4H3. The third kappa shape index (κ3) is 5.02. The van der Waals surface area contributed by atoms with Gasteiger partial charge in [-0.3, -0.25) is 0 Å². The molecule has 1 aromatic rings. The molecule has 3 N–H and O–H groups in total. The van der Waals surface area contributed by atoms with Gasteiger partial charge in [0.05, 0.1) is 23.9 Å². The first-order chi connectivity index (χ1) is 9.57. The highest BCUT2D eigenvalue weighted by molar-refractivity contribution is 5.89. The van der Waals surface area contributed by atoms with Gasteiger partial charge in [-0.1, -0.05) is 6.07 Å². The van der Waals surface area contributed by atoms with E-state index >= 15 is 0 Å². The van der Waals surface area contributed by atoms with E-state index < -0.39 is 17.2 Å². The lowest BCUT2D eigenvalue weighted by Crippen LogP contribution is -2.24. The second-order valence-electron chi connectivity index (χ2n) is 6.16. The van der Waals surface area contributed by atoms with Crippen LogP contribution in [0.1, 0.15) is 56.0 Å². The number of aliphatic hydroxyl groups is 2. The molecular formula is C16H24O5. The summed E-state index contributed by atoms with van der Waals surface area (Å²) in [7, 11) is 1.26. The summed E-state index contributed by atoms with van der Waals surface area (Å²) < 4.78 is 4.58. The molecule has 0 bridgehead atoms. The van der Waals surface area contributed by atoms with Gasteiger partial charge in [0.1, 0.15) is 5.75 Å². The number of rotatable bonds is 6. The molecule has 0 aliphatic rings. The number of aromatic hydroxyl groups is 1. The van der Waals surface area contributed by atoms with Crippen molar-refractivity contribution >= 4 is 5.97 Å². The molecule has 1 atom stereocenters. The maximum absolute atomic E-state index is 11.4. The lowest BCUT2D eigenvalue weighted by Gasteiger charge is -2.26. The molecule has 5 nitrogen and oxygen atoms in total. The molecule has 0 fully saturated rings. The van der Waals surface area contributed by atoms with E-state index in [1.54, 1.807) is 20.8 Å². The highest BCUT2D eigenvalue weighted by atomic mass is 16.5. The van der Waals surface area contributed by atoms with E-state index in [-0.39, 0.29) is 11.3 Å². The zero-order valence-corrected chi connectivity index (χ0v) is 13.0. The molecule has 0 aliphatic carbocycles. The van der Waals surface area contributed by atoms with E-state index in [0.717, 1.165) is 0 Å². The fourth-order valence-corrected chi connectivity index (χ4v) is 2.23. The van der Waals surface area contributed by atoms with Crippen LogP contribution in [0.4, 0.5) is 0 Å². The Morgan fingerprint density at radius 3 is 2.29 bits per heavy atom. The van der Waals surface area contributed by atoms with Crippen molar-refractivity contribution in [1.29, 1.82) is 0 Å². The van der Waals surface area contributed by atoms with Crippen molar-refractivity contribution in [2.24, 2.45) is 0 Å². The fourth-order valence-electron chi connectivity index (χ4n) is 2.23. The van der Waals surface area contributed by atoms with Gasteiger partial charge in [-0.05, 0) is 52.2 Å². The van der Waals surface area contributed by atoms with Gasteiger partial charge in [0.2, 0.25) is 0 Å². The van der Waals surface area contributed by atoms with Gasteiger partial charge in [0.25, 0.3) is 0 Å². The Morgan fingerprint density at radius 2 is 1.81 bits per heavy atom. The van der Waals surface area contributed by atoms with Gasteiger partial charge >= 0.3 is 5.97 Å². The second kappa shape index (κ2) is 6.45. The van der Waals surface area contributed by atoms with Gasteiger partial charge in [-0.25, -0.2) is 4.79 Å². The summed E-state index contributed by atoms with van der Waals surface area (Å²) in [6.07, 6.45) is 1.54. The molecule has 0 heterocycles. The van der Waals surface area contributed by atoms with Crippen LogP contribution < -0.4 is 0 Å². The van der Waals surface area contributed by atoms with E-state index in [9.17, 15) is 20.1 Å². The number of hydrogen-bond donors (Lipinski definition) is 3. The smallest absolute Gasteiger partial charge is 0.337 e. The van der Waals surface area contributed by atoms with Crippen LogP contribution in [-0.4, -0.2) is 34.0 Å². The van der Waals surface area contributed by atoms with Crippen molar-refractivity contribution in [3.05, 3.63) is 29.3 Å². The highest BCUT2D eigenvalue weighted by Gasteiger charge is 2.27. The number of phenolic OH excluding ortho intramolecular Hbond substituents is 1. The number of ether oxygens (including phenoxy) is 1. The van der Waals surface area contributed by atoms with Crippen LogP contribution in [-0.2, 0) is 10.3 Å². The Bertz CT molecular complexity index is 500. The summed E-state index contributed by atoms with van der Waals surface area (Å²) in [4.78, 5) is 11.4. The van der Waals surface area contributed by atoms with E-state index in [0.29, 0.717) is 24.8 Å². The zero-order chi connectivity index (χ0) is 16.3. The highest BCUT2D eigenvalue weighted by Crippen LogP contribution is 2.34. The first-order valence-electron chi connectivity index (χ1n) is 6.93. The lowest BCUT2D eigenvalue weighted by atomic mass is 9.87. The minimum Gasteiger partial charge on any atom is -0.508 e. The van der Waals surface area contributed by atoms with Crippen LogP contribution in [0.25, 0.3) is 0 Å². The zero-order valence-electron chi connectivity index (χ0n) is 13.0. The number of phenols is 1. The number of methoxy groups -OCH3 is 1. The maximum atomic E-state index is 11.4. The van der Waals surface area contributed by atoms with Gasteiger partial charge in [0.15, 0.2) is 0 Å². The van der Waals surface area contributed by atoms with Gasteiger partial charge in [-0.15, -0.1) is 0 Å². The van der Waals surface area contributed by atoms with Crippen molar-refractivity contribution in [3.8, 4) is 5.75 Å². The summed E-state index contributed by atoms with van der Waals surface area (Å²) in [6.45, 7) is 5.03. The lowest BCUT2D eigenvalue weighted by molar-refractivity contribution is 0.0255. The molecule has 1 unspecified atom stereocenters. The number of carbonyl (C=O) groups is 1. The van der Waals surface area contributed by atoms with Crippen LogP contribution in [0, 0.1) is 0 Å². The van der Waals surface area contributed by atoms with Gasteiger partial charge in [-0.2, -0.15) is 0 Å². The average molecular weight is 296 g/mol. The molecule has 1 rings (SSSR count). The summed E-state index contributed by atoms with van der Waals surface area (Å²) in [5.41, 5.74) is -1.44. The van der Waals surface area contributed by atoms with Crippen LogP contribution in [0.3, 0.4) is 0 Å². The minimum atomic E-state index is -1.23. The van der Waals surface area contributed by atoms with Gasteiger partial charge in [0, 0.05) is 5.56 Å². The van der Waals surface area contributed by atoms with Crippen LogP contribution in [0.15, 0.2) is 18.2 Å². The average Bonchev–Trinajstić information content (AvgIpc) is 2.35. The Morgan fingerprint density at radius 1 is 1.19 bits per heavy atom. The Hall–Kier alpha value is -1.59. The molecular weight excluding hydrogens is 272 g/mol. The third-order valence-electron chi connectivity index (χ3n) is 3.45. The van der Waals surface area contributed by atoms with Crippen molar-refractivity contribution in [1.82, 2.24) is 0 Å². The van der Waals surface area contributed by atoms with Gasteiger partial charge < -0.3 is 20.1 Å². The Kier molecular flexibility index (Phi) is 5.36. The van der Waals surface area contributed by atoms with Crippen molar-refractivity contribution in [3.63, 3.8) is 0 Å². The molecule has 0 amide bonds. The molecule has 0 spiro atoms. The SMILES string of the molecule is COC(=O)c1ccc(C(C)(O)CCCC(C)(C)O)c(O)c1. The Labute approximate surface area is 125 Å². The van der Waals surface area contributed by atoms with E-state index in [4.69, 9.17) is 0 Å². The van der Waals surface area contributed by atoms with Crippen LogP contribution >= 0.6 is 0 Å². The Balaban J connectivity index is 2.85. The molecule has 0 radical (unpaired) electrons. The summed E-state index contributed by atoms with van der Waals surface area (Å²) in [5.74, 6) is -0.690. The number of hydrogen-bond acceptors (Lipinski definition) is 5. The number of carbonyl (C=O) groups excluding carboxylic acids is 1. The third-order valence-corrected chi connectivity index (χ3v) is 3.45. The quantitative estimate of drug-likeness (QED) is 0.701. The molecule has 21 heavy (non-hydrogen) atoms. The van der Waals surface area contributed by atoms with E-state index in [1.807, 2.05) is 0 Å². The predicted octanol–water partition coefficient (Wildman–Crippen LogP) is 2.33. The summed E-state index contributed by atoms with van der Waals surface area (Å²) in [6, 6.07) is 4.31. The minimum absolute atomic E-state index is 0.147. The topological polar surface area (TPSA) is 87.0 Å².